The summed E-state index contributed by atoms with van der Waals surface area (Å²) in [5.41, 5.74) is 0.931. The Hall–Kier alpha value is -2.17. The number of nitrogens with zero attached hydrogens (tertiary/aromatic N) is 1. The van der Waals surface area contributed by atoms with E-state index in [2.05, 4.69) is 0 Å². The molecule has 1 aliphatic heterocycles. The fourth-order valence-electron chi connectivity index (χ4n) is 3.27. The topological polar surface area (TPSA) is 74.7 Å². The molecule has 1 aromatic rings. The van der Waals surface area contributed by atoms with Gasteiger partial charge in [-0.25, -0.2) is 4.90 Å². The SMILES string of the molecule is O=C(O)Cc1ccccc1N1C(=O)C2CCCC2C1=O. The van der Waals surface area contributed by atoms with Gasteiger partial charge in [-0.3, -0.25) is 14.4 Å². The number of aliphatic carboxylic acids is 1. The number of carbonyl (C=O) groups is 3. The Bertz CT molecular complexity index is 573. The van der Waals surface area contributed by atoms with Gasteiger partial charge in [-0.05, 0) is 24.5 Å². The molecule has 2 amide bonds. The molecular weight excluding hydrogens is 258 g/mol. The molecule has 0 radical (unpaired) electrons. The van der Waals surface area contributed by atoms with Crippen molar-refractivity contribution in [3.63, 3.8) is 0 Å². The highest BCUT2D eigenvalue weighted by atomic mass is 16.4. The minimum absolute atomic E-state index is 0.171. The monoisotopic (exact) mass is 273 g/mol. The van der Waals surface area contributed by atoms with Crippen LogP contribution in [-0.4, -0.2) is 22.9 Å². The molecule has 1 N–H and O–H groups in total. The summed E-state index contributed by atoms with van der Waals surface area (Å²) in [6, 6.07) is 6.73. The van der Waals surface area contributed by atoms with E-state index < -0.39 is 5.97 Å². The third-order valence-electron chi connectivity index (χ3n) is 4.17. The van der Waals surface area contributed by atoms with Crippen molar-refractivity contribution in [3.05, 3.63) is 29.8 Å². The van der Waals surface area contributed by atoms with E-state index in [1.165, 1.54) is 4.90 Å². The quantitative estimate of drug-likeness (QED) is 0.849. The first-order valence-electron chi connectivity index (χ1n) is 6.77. The standard InChI is InChI=1S/C15H15NO4/c17-13(18)8-9-4-1-2-7-12(9)16-14(19)10-5-3-6-11(10)15(16)20/h1-2,4,7,10-11H,3,5-6,8H2,(H,17,18). The summed E-state index contributed by atoms with van der Waals surface area (Å²) < 4.78 is 0. The van der Waals surface area contributed by atoms with Crippen LogP contribution in [0.15, 0.2) is 24.3 Å². The molecule has 2 atom stereocenters. The number of carbonyl (C=O) groups excluding carboxylic acids is 2. The molecule has 3 rings (SSSR count). The van der Waals surface area contributed by atoms with Crippen LogP contribution < -0.4 is 4.90 Å². The Kier molecular flexibility index (Phi) is 3.04. The summed E-state index contributed by atoms with van der Waals surface area (Å²) in [5.74, 6) is -1.73. The van der Waals surface area contributed by atoms with Crippen molar-refractivity contribution in [1.29, 1.82) is 0 Å². The van der Waals surface area contributed by atoms with Gasteiger partial charge >= 0.3 is 5.97 Å². The fraction of sp³-hybridized carbons (Fsp3) is 0.400. The van der Waals surface area contributed by atoms with E-state index in [1.807, 2.05) is 0 Å². The van der Waals surface area contributed by atoms with E-state index in [1.54, 1.807) is 24.3 Å². The lowest BCUT2D eigenvalue weighted by Crippen LogP contribution is -2.32. The van der Waals surface area contributed by atoms with Crippen LogP contribution >= 0.6 is 0 Å². The Labute approximate surface area is 116 Å². The molecule has 1 saturated carbocycles. The molecule has 1 heterocycles. The average Bonchev–Trinajstić information content (AvgIpc) is 2.96. The average molecular weight is 273 g/mol. The number of benzene rings is 1. The molecule has 20 heavy (non-hydrogen) atoms. The molecule has 5 nitrogen and oxygen atoms in total. The number of amides is 2. The third kappa shape index (κ3) is 1.90. The van der Waals surface area contributed by atoms with Gasteiger partial charge in [0.1, 0.15) is 0 Å². The van der Waals surface area contributed by atoms with Crippen molar-refractivity contribution in [1.82, 2.24) is 0 Å². The summed E-state index contributed by atoms with van der Waals surface area (Å²) in [4.78, 5) is 36.9. The highest BCUT2D eigenvalue weighted by Crippen LogP contribution is 2.42. The van der Waals surface area contributed by atoms with Crippen molar-refractivity contribution in [2.45, 2.75) is 25.7 Å². The van der Waals surface area contributed by atoms with Crippen LogP contribution in [0.25, 0.3) is 0 Å². The Morgan fingerprint density at radius 3 is 2.35 bits per heavy atom. The van der Waals surface area contributed by atoms with Gasteiger partial charge in [-0.15, -0.1) is 0 Å². The highest BCUT2D eigenvalue weighted by Gasteiger charge is 2.50. The first kappa shape index (κ1) is 12.8. The summed E-state index contributed by atoms with van der Waals surface area (Å²) >= 11 is 0. The summed E-state index contributed by atoms with van der Waals surface area (Å²) in [5, 5.41) is 8.94. The van der Waals surface area contributed by atoms with Crippen molar-refractivity contribution in [2.75, 3.05) is 4.90 Å². The van der Waals surface area contributed by atoms with E-state index in [9.17, 15) is 14.4 Å². The maximum Gasteiger partial charge on any atom is 0.307 e. The second-order valence-electron chi connectivity index (χ2n) is 5.36. The Morgan fingerprint density at radius 2 is 1.75 bits per heavy atom. The Morgan fingerprint density at radius 1 is 1.15 bits per heavy atom. The molecule has 0 bridgehead atoms. The molecule has 104 valence electrons. The third-order valence-corrected chi connectivity index (χ3v) is 4.17. The number of imide groups is 1. The van der Waals surface area contributed by atoms with Gasteiger partial charge in [0, 0.05) is 0 Å². The van der Waals surface area contributed by atoms with E-state index in [4.69, 9.17) is 5.11 Å². The summed E-state index contributed by atoms with van der Waals surface area (Å²) in [7, 11) is 0. The number of carboxylic acid groups (broad SMARTS) is 1. The number of fused-ring (bicyclic) bond motifs is 1. The van der Waals surface area contributed by atoms with Gasteiger partial charge in [0.25, 0.3) is 0 Å². The van der Waals surface area contributed by atoms with Crippen LogP contribution in [0.1, 0.15) is 24.8 Å². The van der Waals surface area contributed by atoms with Crippen molar-refractivity contribution < 1.29 is 19.5 Å². The van der Waals surface area contributed by atoms with Crippen molar-refractivity contribution in [3.8, 4) is 0 Å². The van der Waals surface area contributed by atoms with Gasteiger partial charge in [0.05, 0.1) is 23.9 Å². The predicted molar refractivity (Wildman–Crippen MR) is 71.1 cm³/mol. The summed E-state index contributed by atoms with van der Waals surface area (Å²) in [6.07, 6.45) is 2.24. The normalized spacial score (nSPS) is 25.1. The number of anilines is 1. The first-order chi connectivity index (χ1) is 9.59. The smallest absolute Gasteiger partial charge is 0.307 e. The van der Waals surface area contributed by atoms with Crippen LogP contribution in [0.5, 0.6) is 0 Å². The number of hydrogen-bond donors (Lipinski definition) is 1. The second-order valence-corrected chi connectivity index (χ2v) is 5.36. The van der Waals surface area contributed by atoms with Crippen LogP contribution in [0, 0.1) is 11.8 Å². The first-order valence-corrected chi connectivity index (χ1v) is 6.77. The zero-order chi connectivity index (χ0) is 14.3. The molecule has 0 spiro atoms. The molecule has 2 fully saturated rings. The summed E-state index contributed by atoms with van der Waals surface area (Å²) in [6.45, 7) is 0. The molecule has 1 saturated heterocycles. The zero-order valence-corrected chi connectivity index (χ0v) is 10.9. The zero-order valence-electron chi connectivity index (χ0n) is 10.9. The van der Waals surface area contributed by atoms with Crippen LogP contribution in [0.4, 0.5) is 5.69 Å². The maximum atomic E-state index is 12.4. The molecular formula is C15H15NO4. The Balaban J connectivity index is 1.99. The molecule has 1 aliphatic carbocycles. The largest absolute Gasteiger partial charge is 0.481 e. The fourth-order valence-corrected chi connectivity index (χ4v) is 3.27. The van der Waals surface area contributed by atoms with Crippen LogP contribution in [-0.2, 0) is 20.8 Å². The molecule has 2 aliphatic rings. The van der Waals surface area contributed by atoms with Crippen LogP contribution in [0.2, 0.25) is 0 Å². The molecule has 0 aromatic heterocycles. The number of rotatable bonds is 3. The van der Waals surface area contributed by atoms with Gasteiger partial charge in [-0.2, -0.15) is 0 Å². The highest BCUT2D eigenvalue weighted by molar-refractivity contribution is 6.22. The van der Waals surface area contributed by atoms with Crippen molar-refractivity contribution >= 4 is 23.5 Å². The molecule has 2 unspecified atom stereocenters. The lowest BCUT2D eigenvalue weighted by Gasteiger charge is -2.19. The maximum absolute atomic E-state index is 12.4. The second kappa shape index (κ2) is 4.74. The van der Waals surface area contributed by atoms with Crippen molar-refractivity contribution in [2.24, 2.45) is 11.8 Å². The predicted octanol–water partition coefficient (Wildman–Crippen LogP) is 1.60. The van der Waals surface area contributed by atoms with Crippen LogP contribution in [0.3, 0.4) is 0 Å². The van der Waals surface area contributed by atoms with Gasteiger partial charge < -0.3 is 5.11 Å². The van der Waals surface area contributed by atoms with E-state index in [0.29, 0.717) is 11.3 Å². The number of hydrogen-bond acceptors (Lipinski definition) is 3. The lowest BCUT2D eigenvalue weighted by atomic mass is 10.00. The van der Waals surface area contributed by atoms with Gasteiger partial charge in [0.2, 0.25) is 11.8 Å². The molecule has 5 heteroatoms. The number of carboxylic acids is 1. The molecule has 1 aromatic carbocycles. The number of para-hydroxylation sites is 1. The van der Waals surface area contributed by atoms with E-state index in [0.717, 1.165) is 19.3 Å². The minimum Gasteiger partial charge on any atom is -0.481 e. The van der Waals surface area contributed by atoms with Gasteiger partial charge in [-0.1, -0.05) is 24.6 Å². The van der Waals surface area contributed by atoms with E-state index in [-0.39, 0.29) is 30.1 Å². The lowest BCUT2D eigenvalue weighted by molar-refractivity contribution is -0.136. The van der Waals surface area contributed by atoms with E-state index >= 15 is 0 Å². The minimum atomic E-state index is -0.975. The van der Waals surface area contributed by atoms with Gasteiger partial charge in [0.15, 0.2) is 0 Å².